The van der Waals surface area contributed by atoms with Crippen LogP contribution in [-0.4, -0.2) is 33.3 Å². The van der Waals surface area contributed by atoms with Gasteiger partial charge >= 0.3 is 0 Å². The van der Waals surface area contributed by atoms with E-state index in [1.807, 2.05) is 13.8 Å². The van der Waals surface area contributed by atoms with Gasteiger partial charge in [-0.3, -0.25) is 14.2 Å². The van der Waals surface area contributed by atoms with Gasteiger partial charge in [0.05, 0.1) is 23.3 Å². The highest BCUT2D eigenvalue weighted by Crippen LogP contribution is 2.27. The number of hydrogen-bond donors (Lipinski definition) is 1. The zero-order chi connectivity index (χ0) is 21.0. The summed E-state index contributed by atoms with van der Waals surface area (Å²) in [6.45, 7) is 4.55. The molecule has 0 radical (unpaired) electrons. The molecule has 0 aliphatic heterocycles. The van der Waals surface area contributed by atoms with Gasteiger partial charge in [-0.05, 0) is 36.2 Å². The highest BCUT2D eigenvalue weighted by molar-refractivity contribution is 7.99. The maximum absolute atomic E-state index is 12.9. The fourth-order valence-corrected chi connectivity index (χ4v) is 3.80. The summed E-state index contributed by atoms with van der Waals surface area (Å²) in [5, 5.41) is 4.13. The molecule has 0 saturated heterocycles. The van der Waals surface area contributed by atoms with Gasteiger partial charge in [0.1, 0.15) is 5.75 Å². The normalized spacial score (nSPS) is 11.1. The number of thioether (sulfide) groups is 1. The van der Waals surface area contributed by atoms with E-state index in [0.717, 1.165) is 0 Å². The summed E-state index contributed by atoms with van der Waals surface area (Å²) < 4.78 is 6.71. The number of aromatic nitrogens is 3. The number of hydrogen-bond acceptors (Lipinski definition) is 6. The molecule has 0 unspecified atom stereocenters. The van der Waals surface area contributed by atoms with Crippen molar-refractivity contribution in [2.45, 2.75) is 25.5 Å². The fourth-order valence-electron chi connectivity index (χ4n) is 2.74. The van der Waals surface area contributed by atoms with E-state index >= 15 is 0 Å². The van der Waals surface area contributed by atoms with E-state index in [1.165, 1.54) is 18.9 Å². The van der Waals surface area contributed by atoms with Crippen LogP contribution in [0.2, 0.25) is 5.02 Å². The highest BCUT2D eigenvalue weighted by Gasteiger charge is 2.15. The van der Waals surface area contributed by atoms with Gasteiger partial charge in [-0.1, -0.05) is 37.2 Å². The predicted molar refractivity (Wildman–Crippen MR) is 116 cm³/mol. The number of carbonyl (C=O) groups is 1. The summed E-state index contributed by atoms with van der Waals surface area (Å²) in [6, 6.07) is 8.44. The number of fused-ring (bicyclic) bond motifs is 1. The van der Waals surface area contributed by atoms with E-state index in [4.69, 9.17) is 16.3 Å². The van der Waals surface area contributed by atoms with Gasteiger partial charge in [0, 0.05) is 18.4 Å². The molecule has 0 fully saturated rings. The molecule has 0 spiro atoms. The summed E-state index contributed by atoms with van der Waals surface area (Å²) in [7, 11) is 1.53. The minimum Gasteiger partial charge on any atom is -0.495 e. The first-order valence-corrected chi connectivity index (χ1v) is 10.4. The van der Waals surface area contributed by atoms with Crippen molar-refractivity contribution in [2.24, 2.45) is 5.92 Å². The number of amides is 1. The van der Waals surface area contributed by atoms with Gasteiger partial charge in [-0.25, -0.2) is 9.97 Å². The van der Waals surface area contributed by atoms with Gasteiger partial charge in [0.25, 0.3) is 5.56 Å². The highest BCUT2D eigenvalue weighted by atomic mass is 35.5. The molecule has 0 aliphatic rings. The number of rotatable bonds is 7. The van der Waals surface area contributed by atoms with E-state index in [2.05, 4.69) is 15.3 Å². The summed E-state index contributed by atoms with van der Waals surface area (Å²) in [5.74, 6) is 0.637. The Morgan fingerprint density at radius 2 is 2.14 bits per heavy atom. The SMILES string of the molecule is COc1ccc(NC(=O)CSc2nc3ncccc3c(=O)n2CC(C)C)cc1Cl. The number of nitrogens with zero attached hydrogens (tertiary/aromatic N) is 3. The lowest BCUT2D eigenvalue weighted by Gasteiger charge is -2.14. The Kier molecular flexibility index (Phi) is 6.76. The summed E-state index contributed by atoms with van der Waals surface area (Å²) in [4.78, 5) is 33.9. The van der Waals surface area contributed by atoms with E-state index in [1.54, 1.807) is 41.1 Å². The third-order valence-corrected chi connectivity index (χ3v) is 5.28. The summed E-state index contributed by atoms with van der Waals surface area (Å²) in [6.07, 6.45) is 1.59. The Morgan fingerprint density at radius 1 is 1.34 bits per heavy atom. The minimum atomic E-state index is -0.234. The minimum absolute atomic E-state index is 0.0898. The van der Waals surface area contributed by atoms with Crippen LogP contribution >= 0.6 is 23.4 Å². The van der Waals surface area contributed by atoms with Crippen LogP contribution in [0.1, 0.15) is 13.8 Å². The molecule has 3 aromatic rings. The number of nitrogens with one attached hydrogen (secondary N) is 1. The largest absolute Gasteiger partial charge is 0.495 e. The summed E-state index contributed by atoms with van der Waals surface area (Å²) in [5.41, 5.74) is 0.790. The zero-order valence-corrected chi connectivity index (χ0v) is 17.9. The number of anilines is 1. The van der Waals surface area contributed by atoms with Crippen LogP contribution in [0.4, 0.5) is 5.69 Å². The molecule has 1 amide bonds. The van der Waals surface area contributed by atoms with Crippen molar-refractivity contribution < 1.29 is 9.53 Å². The van der Waals surface area contributed by atoms with Crippen LogP contribution in [0.15, 0.2) is 46.5 Å². The first-order chi connectivity index (χ1) is 13.9. The standard InChI is InChI=1S/C20H21ClN4O3S/c1-12(2)10-25-19(27)14-5-4-8-22-18(14)24-20(25)29-11-17(26)23-13-6-7-16(28-3)15(21)9-13/h4-9,12H,10-11H2,1-3H3,(H,23,26). The molecule has 0 aliphatic carbocycles. The molecule has 0 saturated carbocycles. The molecule has 7 nitrogen and oxygen atoms in total. The Labute approximate surface area is 177 Å². The Balaban J connectivity index is 1.79. The predicted octanol–water partition coefficient (Wildman–Crippen LogP) is 3.84. The molecule has 0 atom stereocenters. The lowest BCUT2D eigenvalue weighted by Crippen LogP contribution is -2.26. The second-order valence-electron chi connectivity index (χ2n) is 6.76. The van der Waals surface area contributed by atoms with Gasteiger partial charge in [0.2, 0.25) is 5.91 Å². The Morgan fingerprint density at radius 3 is 2.83 bits per heavy atom. The van der Waals surface area contributed by atoms with Gasteiger partial charge in [0.15, 0.2) is 10.8 Å². The molecule has 9 heteroatoms. The molecule has 2 heterocycles. The smallest absolute Gasteiger partial charge is 0.263 e. The number of halogens is 1. The lowest BCUT2D eigenvalue weighted by atomic mass is 10.2. The fraction of sp³-hybridized carbons (Fsp3) is 0.300. The van der Waals surface area contributed by atoms with Crippen LogP contribution in [0.25, 0.3) is 11.0 Å². The number of pyridine rings is 1. The van der Waals surface area contributed by atoms with E-state index in [9.17, 15) is 9.59 Å². The maximum Gasteiger partial charge on any atom is 0.263 e. The molecule has 2 aromatic heterocycles. The van der Waals surface area contributed by atoms with Crippen molar-refractivity contribution in [1.29, 1.82) is 0 Å². The number of methoxy groups -OCH3 is 1. The van der Waals surface area contributed by atoms with E-state index in [0.29, 0.717) is 39.2 Å². The molecular weight excluding hydrogens is 412 g/mol. The monoisotopic (exact) mass is 432 g/mol. The third kappa shape index (κ3) is 5.07. The van der Waals surface area contributed by atoms with Crippen molar-refractivity contribution in [3.05, 3.63) is 51.9 Å². The topological polar surface area (TPSA) is 86.1 Å². The van der Waals surface area contributed by atoms with Crippen molar-refractivity contribution >= 4 is 46.0 Å². The zero-order valence-electron chi connectivity index (χ0n) is 16.3. The Hall–Kier alpha value is -2.58. The van der Waals surface area contributed by atoms with Crippen LogP contribution in [0.3, 0.4) is 0 Å². The van der Waals surface area contributed by atoms with Gasteiger partial charge in [-0.15, -0.1) is 0 Å². The van der Waals surface area contributed by atoms with Crippen LogP contribution in [0.5, 0.6) is 5.75 Å². The molecule has 1 N–H and O–H groups in total. The van der Waals surface area contributed by atoms with Gasteiger partial charge in [-0.2, -0.15) is 0 Å². The number of ether oxygens (including phenoxy) is 1. The first kappa shape index (κ1) is 21.1. The van der Waals surface area contributed by atoms with Crippen LogP contribution in [-0.2, 0) is 11.3 Å². The second kappa shape index (κ2) is 9.28. The van der Waals surface area contributed by atoms with Crippen molar-refractivity contribution in [2.75, 3.05) is 18.2 Å². The maximum atomic E-state index is 12.9. The van der Waals surface area contributed by atoms with Crippen LogP contribution in [0, 0.1) is 5.92 Å². The quantitative estimate of drug-likeness (QED) is 0.451. The molecule has 152 valence electrons. The average Bonchev–Trinajstić information content (AvgIpc) is 2.69. The second-order valence-corrected chi connectivity index (χ2v) is 8.11. The van der Waals surface area contributed by atoms with Crippen molar-refractivity contribution in [3.8, 4) is 5.75 Å². The number of benzene rings is 1. The van der Waals surface area contributed by atoms with Gasteiger partial charge < -0.3 is 10.1 Å². The van der Waals surface area contributed by atoms with Crippen LogP contribution < -0.4 is 15.6 Å². The Bertz CT molecular complexity index is 1100. The molecule has 3 rings (SSSR count). The number of carbonyl (C=O) groups excluding carboxylic acids is 1. The van der Waals surface area contributed by atoms with E-state index in [-0.39, 0.29) is 23.1 Å². The summed E-state index contributed by atoms with van der Waals surface area (Å²) >= 11 is 7.29. The molecule has 1 aromatic carbocycles. The lowest BCUT2D eigenvalue weighted by molar-refractivity contribution is -0.113. The molecular formula is C20H21ClN4O3S. The van der Waals surface area contributed by atoms with Crippen molar-refractivity contribution in [3.63, 3.8) is 0 Å². The average molecular weight is 433 g/mol. The molecule has 29 heavy (non-hydrogen) atoms. The van der Waals surface area contributed by atoms with E-state index < -0.39 is 0 Å². The third-order valence-electron chi connectivity index (χ3n) is 4.01. The van der Waals surface area contributed by atoms with Crippen molar-refractivity contribution in [1.82, 2.24) is 14.5 Å². The first-order valence-electron chi connectivity index (χ1n) is 9.00. The molecule has 0 bridgehead atoms.